The topological polar surface area (TPSA) is 118 Å². The molecular formula is C14H13Br2NO6-2. The first kappa shape index (κ1) is 16.9. The van der Waals surface area contributed by atoms with Crippen molar-refractivity contribution in [3.8, 4) is 0 Å². The van der Waals surface area contributed by atoms with E-state index in [4.69, 9.17) is 0 Å². The lowest BCUT2D eigenvalue weighted by Crippen LogP contribution is -2.52. The molecule has 0 N–H and O–H groups in total. The Morgan fingerprint density at radius 2 is 1.57 bits per heavy atom. The highest BCUT2D eigenvalue weighted by atomic mass is 79.9. The molecule has 0 radical (unpaired) electrons. The second-order valence-corrected chi connectivity index (χ2v) is 8.41. The summed E-state index contributed by atoms with van der Waals surface area (Å²) in [6.07, 6.45) is -0.214. The first-order chi connectivity index (χ1) is 10.8. The molecule has 2 saturated carbocycles. The second-order valence-electron chi connectivity index (χ2n) is 6.30. The molecule has 1 aliphatic heterocycles. The predicted octanol–water partition coefficient (Wildman–Crippen LogP) is -1.59. The summed E-state index contributed by atoms with van der Waals surface area (Å²) in [5.74, 6) is -5.22. The van der Waals surface area contributed by atoms with Gasteiger partial charge in [0.1, 0.15) is 0 Å². The van der Waals surface area contributed by atoms with Crippen LogP contribution in [0.5, 0.6) is 0 Å². The van der Waals surface area contributed by atoms with Crippen molar-refractivity contribution in [1.82, 2.24) is 4.90 Å². The molecule has 0 aromatic carbocycles. The normalized spacial score (nSPS) is 39.7. The molecule has 1 heterocycles. The van der Waals surface area contributed by atoms with E-state index < -0.39 is 54.5 Å². The van der Waals surface area contributed by atoms with Gasteiger partial charge in [-0.1, -0.05) is 31.9 Å². The van der Waals surface area contributed by atoms with E-state index in [0.717, 1.165) is 11.3 Å². The second kappa shape index (κ2) is 5.84. The largest absolute Gasteiger partial charge is 0.550 e. The average molecular weight is 451 g/mol. The molecule has 3 fully saturated rings. The van der Waals surface area contributed by atoms with Crippen molar-refractivity contribution in [3.05, 3.63) is 0 Å². The van der Waals surface area contributed by atoms with Crippen LogP contribution < -0.4 is 10.2 Å². The van der Waals surface area contributed by atoms with Gasteiger partial charge in [-0.15, -0.1) is 0 Å². The Labute approximate surface area is 148 Å². The van der Waals surface area contributed by atoms with Gasteiger partial charge in [0.2, 0.25) is 11.8 Å². The summed E-state index contributed by atoms with van der Waals surface area (Å²) in [5, 5.41) is 21.9. The minimum Gasteiger partial charge on any atom is -0.550 e. The number of likely N-dealkylation sites (tertiary alicyclic amines) is 1. The molecule has 126 valence electrons. The number of alkyl halides is 2. The molecule has 0 unspecified atom stereocenters. The van der Waals surface area contributed by atoms with E-state index in [1.807, 2.05) is 0 Å². The third-order valence-electron chi connectivity index (χ3n) is 5.23. The van der Waals surface area contributed by atoms with Crippen molar-refractivity contribution in [1.29, 1.82) is 0 Å². The van der Waals surface area contributed by atoms with Gasteiger partial charge in [-0.05, 0) is 31.1 Å². The van der Waals surface area contributed by atoms with E-state index in [1.165, 1.54) is 0 Å². The van der Waals surface area contributed by atoms with Crippen molar-refractivity contribution in [2.75, 3.05) is 0 Å². The molecular weight excluding hydrogens is 438 g/mol. The molecule has 1 saturated heterocycles. The Kier molecular flexibility index (Phi) is 4.29. The summed E-state index contributed by atoms with van der Waals surface area (Å²) in [6, 6.07) is -1.56. The molecule has 2 amide bonds. The average Bonchev–Trinajstić information content (AvgIpc) is 3.06. The van der Waals surface area contributed by atoms with Crippen LogP contribution in [0.25, 0.3) is 0 Å². The first-order valence-electron chi connectivity index (χ1n) is 7.31. The van der Waals surface area contributed by atoms with E-state index in [9.17, 15) is 29.4 Å². The van der Waals surface area contributed by atoms with E-state index >= 15 is 0 Å². The highest BCUT2D eigenvalue weighted by Crippen LogP contribution is 2.60. The number of amides is 2. The van der Waals surface area contributed by atoms with E-state index in [1.54, 1.807) is 0 Å². The zero-order valence-electron chi connectivity index (χ0n) is 11.8. The van der Waals surface area contributed by atoms with E-state index in [-0.39, 0.29) is 21.5 Å². The van der Waals surface area contributed by atoms with Crippen molar-refractivity contribution in [3.63, 3.8) is 0 Å². The fraction of sp³-hybridized carbons (Fsp3) is 0.714. The Hall–Kier alpha value is -0.960. The number of rotatable bonds is 5. The summed E-state index contributed by atoms with van der Waals surface area (Å²) in [5.41, 5.74) is 0. The number of carbonyl (C=O) groups is 4. The lowest BCUT2D eigenvalue weighted by atomic mass is 9.81. The Bertz CT molecular complexity index is 564. The van der Waals surface area contributed by atoms with Crippen molar-refractivity contribution in [2.45, 2.75) is 35.0 Å². The van der Waals surface area contributed by atoms with Crippen LogP contribution in [0.2, 0.25) is 0 Å². The lowest BCUT2D eigenvalue weighted by Gasteiger charge is -2.28. The number of carboxylic acid groups (broad SMARTS) is 2. The van der Waals surface area contributed by atoms with Gasteiger partial charge in [-0.2, -0.15) is 0 Å². The summed E-state index contributed by atoms with van der Waals surface area (Å²) in [7, 11) is 0. The number of fused-ring (bicyclic) bond motifs is 5. The first-order valence-corrected chi connectivity index (χ1v) is 9.14. The molecule has 7 nitrogen and oxygen atoms in total. The quantitative estimate of drug-likeness (QED) is 0.368. The number of aliphatic carboxylic acids is 2. The monoisotopic (exact) mass is 449 g/mol. The number of hydrogen-bond acceptors (Lipinski definition) is 6. The Morgan fingerprint density at radius 3 is 1.96 bits per heavy atom. The molecule has 23 heavy (non-hydrogen) atoms. The van der Waals surface area contributed by atoms with Crippen molar-refractivity contribution in [2.24, 2.45) is 23.7 Å². The van der Waals surface area contributed by atoms with Gasteiger partial charge in [-0.25, -0.2) is 0 Å². The van der Waals surface area contributed by atoms with Gasteiger partial charge in [0.25, 0.3) is 0 Å². The van der Waals surface area contributed by atoms with Gasteiger partial charge in [-0.3, -0.25) is 14.5 Å². The van der Waals surface area contributed by atoms with E-state index in [0.29, 0.717) is 0 Å². The Balaban J connectivity index is 1.87. The maximum atomic E-state index is 12.6. The van der Waals surface area contributed by atoms with Crippen molar-refractivity contribution < 1.29 is 29.4 Å². The fourth-order valence-corrected chi connectivity index (χ4v) is 6.16. The predicted molar refractivity (Wildman–Crippen MR) is 78.9 cm³/mol. The molecule has 3 aliphatic rings. The maximum absolute atomic E-state index is 12.6. The molecule has 7 atom stereocenters. The van der Waals surface area contributed by atoms with Gasteiger partial charge in [0, 0.05) is 15.6 Å². The van der Waals surface area contributed by atoms with Gasteiger partial charge < -0.3 is 19.8 Å². The minimum absolute atomic E-state index is 0.0284. The van der Waals surface area contributed by atoms with Crippen LogP contribution in [0, 0.1) is 23.7 Å². The molecule has 0 aromatic rings. The third kappa shape index (κ3) is 2.43. The molecule has 0 spiro atoms. The standard InChI is InChI=1S/C14H15Br2NO6/c15-10-4-3-5(11(10)16)9-8(4)12(20)17(13(9)21)6(14(22)23)1-2-7(18)19/h4-6,8-11H,1-3H2,(H,18,19)(H,22,23)/p-2/t4-,5+,6-,8-,9+,10+,11-/m1/s1. The highest BCUT2D eigenvalue weighted by molar-refractivity contribution is 9.12. The molecule has 3 rings (SSSR count). The number of hydrogen-bond donors (Lipinski definition) is 0. The highest BCUT2D eigenvalue weighted by Gasteiger charge is 2.67. The minimum atomic E-state index is -1.62. The summed E-state index contributed by atoms with van der Waals surface area (Å²) in [4.78, 5) is 48.0. The smallest absolute Gasteiger partial charge is 0.234 e. The zero-order chi connectivity index (χ0) is 17.0. The van der Waals surface area contributed by atoms with Crippen LogP contribution in [0.4, 0.5) is 0 Å². The summed E-state index contributed by atoms with van der Waals surface area (Å²) < 4.78 is 0. The van der Waals surface area contributed by atoms with Crippen LogP contribution in [0.15, 0.2) is 0 Å². The molecule has 9 heteroatoms. The third-order valence-corrected chi connectivity index (χ3v) is 8.43. The summed E-state index contributed by atoms with van der Waals surface area (Å²) >= 11 is 7.07. The fourth-order valence-electron chi connectivity index (χ4n) is 4.29. The lowest BCUT2D eigenvalue weighted by molar-refractivity contribution is -0.312. The van der Waals surface area contributed by atoms with Gasteiger partial charge in [0.05, 0.1) is 23.8 Å². The van der Waals surface area contributed by atoms with E-state index in [2.05, 4.69) is 31.9 Å². The van der Waals surface area contributed by atoms with Crippen LogP contribution in [-0.2, 0) is 19.2 Å². The molecule has 0 aromatic heterocycles. The number of carbonyl (C=O) groups excluding carboxylic acids is 4. The Morgan fingerprint density at radius 1 is 1.09 bits per heavy atom. The maximum Gasteiger partial charge on any atom is 0.234 e. The zero-order valence-corrected chi connectivity index (χ0v) is 15.0. The number of halogens is 2. The molecule has 2 aliphatic carbocycles. The SMILES string of the molecule is O=C([O-])CC[C@H](C(=O)[O-])N1C(=O)[C@@H]2[C@H]3C[C@H]([C@@H](Br)[C@H]3Br)[C@@H]2C1=O. The van der Waals surface area contributed by atoms with Gasteiger partial charge in [0.15, 0.2) is 0 Å². The van der Waals surface area contributed by atoms with Crippen LogP contribution in [0.3, 0.4) is 0 Å². The van der Waals surface area contributed by atoms with Gasteiger partial charge >= 0.3 is 0 Å². The summed E-state index contributed by atoms with van der Waals surface area (Å²) in [6.45, 7) is 0. The number of imide groups is 1. The van der Waals surface area contributed by atoms with Crippen molar-refractivity contribution >= 4 is 55.6 Å². The van der Waals surface area contributed by atoms with Crippen LogP contribution in [0.1, 0.15) is 19.3 Å². The number of nitrogens with zero attached hydrogens (tertiary/aromatic N) is 1. The molecule has 2 bridgehead atoms. The van der Waals surface area contributed by atoms with Crippen LogP contribution >= 0.6 is 31.9 Å². The number of carboxylic acids is 2. The van der Waals surface area contributed by atoms with Crippen LogP contribution in [-0.4, -0.2) is 44.3 Å².